The second-order valence-electron chi connectivity index (χ2n) is 9.34. The molecule has 0 saturated heterocycles. The van der Waals surface area contributed by atoms with E-state index < -0.39 is 23.2 Å². The lowest BCUT2D eigenvalue weighted by Gasteiger charge is -2.28. The summed E-state index contributed by atoms with van der Waals surface area (Å²) in [6.07, 6.45) is 3.48. The van der Waals surface area contributed by atoms with Crippen LogP contribution in [-0.4, -0.2) is 44.0 Å². The van der Waals surface area contributed by atoms with Crippen LogP contribution in [0.4, 0.5) is 0 Å². The quantitative estimate of drug-likeness (QED) is 0.276. The lowest BCUT2D eigenvalue weighted by atomic mass is 9.91. The van der Waals surface area contributed by atoms with Gasteiger partial charge in [-0.2, -0.15) is 0 Å². The standard InChI is InChI=1S/C26H32O8/c1-14(6-5-9-26(2,3)32)7-8-16-17(27)12-18(28)23-19(29)13-21(34-25(16)23)15-10-20(30)24(31)22(11-15)33-4/h7,10-12,21,27-28,30-32H,5-6,8-9,13H2,1-4H3/b14-7+. The SMILES string of the molecule is COc1cc(C2CC(=O)c3c(O)cc(O)c(C/C=C(\C)CCCC(C)(C)O)c3O2)cc(O)c1O. The van der Waals surface area contributed by atoms with Gasteiger partial charge in [0.25, 0.3) is 0 Å². The molecule has 1 aliphatic heterocycles. The van der Waals surface area contributed by atoms with Crippen molar-refractivity contribution in [1.29, 1.82) is 0 Å². The molecule has 1 unspecified atom stereocenters. The van der Waals surface area contributed by atoms with Crippen LogP contribution in [0.2, 0.25) is 0 Å². The van der Waals surface area contributed by atoms with Crippen LogP contribution in [0.5, 0.6) is 34.5 Å². The van der Waals surface area contributed by atoms with E-state index in [0.717, 1.165) is 24.5 Å². The van der Waals surface area contributed by atoms with Crippen molar-refractivity contribution in [3.05, 3.63) is 46.5 Å². The predicted octanol–water partition coefficient (Wildman–Crippen LogP) is 4.65. The monoisotopic (exact) mass is 472 g/mol. The zero-order valence-corrected chi connectivity index (χ0v) is 19.9. The molecule has 0 aromatic heterocycles. The summed E-state index contributed by atoms with van der Waals surface area (Å²) in [6.45, 7) is 5.48. The molecule has 0 radical (unpaired) electrons. The van der Waals surface area contributed by atoms with Gasteiger partial charge in [0.1, 0.15) is 28.9 Å². The van der Waals surface area contributed by atoms with Crippen molar-refractivity contribution in [2.75, 3.05) is 7.11 Å². The molecule has 2 aromatic rings. The van der Waals surface area contributed by atoms with E-state index in [1.807, 2.05) is 13.0 Å². The maximum atomic E-state index is 12.9. The van der Waals surface area contributed by atoms with Crippen molar-refractivity contribution in [2.45, 2.75) is 64.6 Å². The van der Waals surface area contributed by atoms with Crippen molar-refractivity contribution < 1.29 is 39.8 Å². The zero-order valence-electron chi connectivity index (χ0n) is 19.9. The molecule has 5 N–H and O–H groups in total. The number of fused-ring (bicyclic) bond motifs is 1. The number of methoxy groups -OCH3 is 1. The van der Waals surface area contributed by atoms with Crippen molar-refractivity contribution >= 4 is 5.78 Å². The maximum Gasteiger partial charge on any atom is 0.200 e. The molecule has 1 aliphatic rings. The van der Waals surface area contributed by atoms with Gasteiger partial charge in [-0.25, -0.2) is 0 Å². The molecular weight excluding hydrogens is 440 g/mol. The summed E-state index contributed by atoms with van der Waals surface area (Å²) in [6, 6.07) is 3.89. The summed E-state index contributed by atoms with van der Waals surface area (Å²) in [5.41, 5.74) is 1.09. The Morgan fingerprint density at radius 3 is 2.50 bits per heavy atom. The fourth-order valence-corrected chi connectivity index (χ4v) is 4.04. The third-order valence-corrected chi connectivity index (χ3v) is 5.93. The number of carbonyl (C=O) groups is 1. The smallest absolute Gasteiger partial charge is 0.200 e. The molecule has 0 spiro atoms. The van der Waals surface area contributed by atoms with Gasteiger partial charge in [-0.15, -0.1) is 0 Å². The number of carbonyl (C=O) groups excluding carboxylic acids is 1. The van der Waals surface area contributed by atoms with Crippen molar-refractivity contribution in [3.63, 3.8) is 0 Å². The first-order valence-electron chi connectivity index (χ1n) is 11.2. The van der Waals surface area contributed by atoms with E-state index in [2.05, 4.69) is 0 Å². The maximum absolute atomic E-state index is 12.9. The van der Waals surface area contributed by atoms with E-state index in [4.69, 9.17) is 9.47 Å². The van der Waals surface area contributed by atoms with E-state index in [1.165, 1.54) is 19.2 Å². The molecule has 1 atom stereocenters. The molecule has 184 valence electrons. The summed E-state index contributed by atoms with van der Waals surface area (Å²) in [7, 11) is 1.34. The highest BCUT2D eigenvalue weighted by molar-refractivity contribution is 6.03. The molecule has 0 bridgehead atoms. The number of ketones is 1. The molecule has 0 aliphatic carbocycles. The highest BCUT2D eigenvalue weighted by atomic mass is 16.5. The van der Waals surface area contributed by atoms with Crippen LogP contribution >= 0.6 is 0 Å². The molecule has 0 saturated carbocycles. The first-order valence-corrected chi connectivity index (χ1v) is 11.2. The van der Waals surface area contributed by atoms with Gasteiger partial charge in [0.15, 0.2) is 17.3 Å². The number of phenolic OH excluding ortho intramolecular Hbond substituents is 4. The van der Waals surface area contributed by atoms with Gasteiger partial charge in [-0.05, 0) is 58.6 Å². The normalized spacial score (nSPS) is 16.2. The Kier molecular flexibility index (Phi) is 7.31. The molecule has 1 heterocycles. The molecule has 0 fully saturated rings. The number of phenols is 4. The molecule has 8 heteroatoms. The molecular formula is C26H32O8. The second kappa shape index (κ2) is 9.85. The molecule has 8 nitrogen and oxygen atoms in total. The van der Waals surface area contributed by atoms with Crippen molar-refractivity contribution in [3.8, 4) is 34.5 Å². The first-order chi connectivity index (χ1) is 15.9. The molecule has 3 rings (SSSR count). The predicted molar refractivity (Wildman–Crippen MR) is 126 cm³/mol. The average molecular weight is 473 g/mol. The Balaban J connectivity index is 1.92. The van der Waals surface area contributed by atoms with Gasteiger partial charge in [0.2, 0.25) is 5.75 Å². The third kappa shape index (κ3) is 5.56. The molecule has 34 heavy (non-hydrogen) atoms. The topological polar surface area (TPSA) is 137 Å². The van der Waals surface area contributed by atoms with E-state index in [0.29, 0.717) is 17.5 Å². The van der Waals surface area contributed by atoms with Crippen LogP contribution in [0.1, 0.15) is 74.0 Å². The highest BCUT2D eigenvalue weighted by Gasteiger charge is 2.34. The Morgan fingerprint density at radius 1 is 1.15 bits per heavy atom. The molecule has 0 amide bonds. The van der Waals surface area contributed by atoms with Crippen LogP contribution in [0.15, 0.2) is 29.8 Å². The minimum Gasteiger partial charge on any atom is -0.507 e. The third-order valence-electron chi connectivity index (χ3n) is 5.93. The van der Waals surface area contributed by atoms with E-state index in [-0.39, 0.29) is 47.2 Å². The Hall–Kier alpha value is -3.39. The number of allylic oxidation sites excluding steroid dienone is 2. The average Bonchev–Trinajstić information content (AvgIpc) is 2.73. The Morgan fingerprint density at radius 2 is 1.85 bits per heavy atom. The summed E-state index contributed by atoms with van der Waals surface area (Å²) in [5.74, 6) is -1.66. The van der Waals surface area contributed by atoms with Gasteiger partial charge in [-0.3, -0.25) is 4.79 Å². The number of rotatable bonds is 8. The van der Waals surface area contributed by atoms with E-state index >= 15 is 0 Å². The Labute approximate surface area is 198 Å². The zero-order chi connectivity index (χ0) is 25.2. The second-order valence-corrected chi connectivity index (χ2v) is 9.34. The lowest BCUT2D eigenvalue weighted by Crippen LogP contribution is -2.21. The number of hydrogen-bond acceptors (Lipinski definition) is 8. The number of ether oxygens (including phenoxy) is 2. The van der Waals surface area contributed by atoms with Gasteiger partial charge >= 0.3 is 0 Å². The number of benzene rings is 2. The van der Waals surface area contributed by atoms with Crippen molar-refractivity contribution in [2.24, 2.45) is 0 Å². The fraction of sp³-hybridized carbons (Fsp3) is 0.423. The lowest BCUT2D eigenvalue weighted by molar-refractivity contribution is 0.0689. The number of aromatic hydroxyl groups is 4. The van der Waals surface area contributed by atoms with Crippen LogP contribution in [0, 0.1) is 0 Å². The van der Waals surface area contributed by atoms with Crippen molar-refractivity contribution in [1.82, 2.24) is 0 Å². The summed E-state index contributed by atoms with van der Waals surface area (Å²) in [5, 5.41) is 50.7. The van der Waals surface area contributed by atoms with Gasteiger partial charge in [0, 0.05) is 17.2 Å². The summed E-state index contributed by atoms with van der Waals surface area (Å²) in [4.78, 5) is 12.9. The Bertz CT molecular complexity index is 1110. The van der Waals surface area contributed by atoms with Crippen LogP contribution in [0.3, 0.4) is 0 Å². The van der Waals surface area contributed by atoms with Gasteiger partial charge in [-0.1, -0.05) is 11.6 Å². The first kappa shape index (κ1) is 25.2. The number of aliphatic hydroxyl groups is 1. The number of hydrogen-bond donors (Lipinski definition) is 5. The highest BCUT2D eigenvalue weighted by Crippen LogP contribution is 2.47. The minimum atomic E-state index is -0.822. The largest absolute Gasteiger partial charge is 0.507 e. The van der Waals surface area contributed by atoms with Crippen LogP contribution in [-0.2, 0) is 6.42 Å². The minimum absolute atomic E-state index is 0.00657. The van der Waals surface area contributed by atoms with Crippen LogP contribution in [0.25, 0.3) is 0 Å². The van der Waals surface area contributed by atoms with E-state index in [9.17, 15) is 30.3 Å². The fourth-order valence-electron chi connectivity index (χ4n) is 4.04. The summed E-state index contributed by atoms with van der Waals surface area (Å²) >= 11 is 0. The van der Waals surface area contributed by atoms with Crippen LogP contribution < -0.4 is 9.47 Å². The van der Waals surface area contributed by atoms with Gasteiger partial charge in [0.05, 0.1) is 19.1 Å². The molecule has 2 aromatic carbocycles. The van der Waals surface area contributed by atoms with E-state index in [1.54, 1.807) is 13.8 Å². The summed E-state index contributed by atoms with van der Waals surface area (Å²) < 4.78 is 11.2. The number of Topliss-reactive ketones (excluding diaryl/α,β-unsaturated/α-hetero) is 1. The van der Waals surface area contributed by atoms with Gasteiger partial charge < -0.3 is 35.0 Å².